The molecule has 0 aliphatic carbocycles. The second-order valence-corrected chi connectivity index (χ2v) is 3.93. The molecule has 0 aromatic heterocycles. The minimum atomic E-state index is -0.127. The molecular weight excluding hydrogens is 206 g/mol. The Kier molecular flexibility index (Phi) is 4.98. The molecule has 0 bridgehead atoms. The van der Waals surface area contributed by atoms with Gasteiger partial charge in [0, 0.05) is 13.6 Å². The lowest BCUT2D eigenvalue weighted by Gasteiger charge is -2.16. The van der Waals surface area contributed by atoms with Gasteiger partial charge in [0.25, 0.3) is 0 Å². The molecule has 2 amide bonds. The molecule has 1 aliphatic rings. The minimum absolute atomic E-state index is 0.0569. The topological polar surface area (TPSA) is 61.4 Å². The average Bonchev–Trinajstić information content (AvgIpc) is 2.79. The molecule has 90 valence electrons. The highest BCUT2D eigenvalue weighted by Gasteiger charge is 2.22. The second-order valence-electron chi connectivity index (χ2n) is 3.93. The molecule has 0 spiro atoms. The third kappa shape index (κ3) is 3.66. The minimum Gasteiger partial charge on any atom is -0.346 e. The summed E-state index contributed by atoms with van der Waals surface area (Å²) < 4.78 is 0. The normalized spacial score (nSPS) is 19.2. The number of hydrogen-bond donors (Lipinski definition) is 2. The fourth-order valence-electron chi connectivity index (χ4n) is 1.62. The molecule has 0 saturated carbocycles. The van der Waals surface area contributed by atoms with Crippen LogP contribution >= 0.6 is 0 Å². The number of carbonyl (C=O) groups excluding carboxylic acids is 2. The van der Waals surface area contributed by atoms with Gasteiger partial charge in [-0.15, -0.1) is 6.58 Å². The van der Waals surface area contributed by atoms with Gasteiger partial charge in [-0.3, -0.25) is 9.59 Å². The average molecular weight is 225 g/mol. The number of likely N-dealkylation sites (N-methyl/N-ethyl adjacent to an activating group) is 1. The SMILES string of the molecule is C=CCN(C)C(=O)CNC(=O)C1CCCN1. The Morgan fingerprint density at radius 2 is 2.38 bits per heavy atom. The van der Waals surface area contributed by atoms with E-state index >= 15 is 0 Å². The smallest absolute Gasteiger partial charge is 0.241 e. The molecule has 5 heteroatoms. The van der Waals surface area contributed by atoms with Gasteiger partial charge < -0.3 is 15.5 Å². The molecule has 1 atom stereocenters. The largest absolute Gasteiger partial charge is 0.346 e. The Balaban J connectivity index is 2.25. The number of nitrogens with zero attached hydrogens (tertiary/aromatic N) is 1. The van der Waals surface area contributed by atoms with Crippen molar-refractivity contribution in [2.45, 2.75) is 18.9 Å². The molecule has 1 aliphatic heterocycles. The zero-order valence-corrected chi connectivity index (χ0v) is 9.66. The van der Waals surface area contributed by atoms with Gasteiger partial charge in [-0.1, -0.05) is 6.08 Å². The summed E-state index contributed by atoms with van der Waals surface area (Å²) in [5, 5.41) is 5.72. The third-order valence-electron chi connectivity index (χ3n) is 2.62. The molecule has 1 fully saturated rings. The van der Waals surface area contributed by atoms with Crippen LogP contribution in [0.5, 0.6) is 0 Å². The number of amides is 2. The second kappa shape index (κ2) is 6.27. The highest BCUT2D eigenvalue weighted by molar-refractivity contribution is 5.87. The van der Waals surface area contributed by atoms with E-state index in [2.05, 4.69) is 17.2 Å². The Labute approximate surface area is 95.9 Å². The van der Waals surface area contributed by atoms with Crippen LogP contribution in [0.2, 0.25) is 0 Å². The van der Waals surface area contributed by atoms with Crippen LogP contribution < -0.4 is 10.6 Å². The standard InChI is InChI=1S/C11H19N3O2/c1-3-7-14(2)10(15)8-13-11(16)9-5-4-6-12-9/h3,9,12H,1,4-8H2,2H3,(H,13,16). The van der Waals surface area contributed by atoms with Crippen LogP contribution in [-0.2, 0) is 9.59 Å². The summed E-state index contributed by atoms with van der Waals surface area (Å²) in [4.78, 5) is 24.6. The van der Waals surface area contributed by atoms with E-state index in [9.17, 15) is 9.59 Å². The van der Waals surface area contributed by atoms with Crippen LogP contribution in [0.3, 0.4) is 0 Å². The molecule has 1 rings (SSSR count). The van der Waals surface area contributed by atoms with Gasteiger partial charge in [-0.2, -0.15) is 0 Å². The Morgan fingerprint density at radius 3 is 2.94 bits per heavy atom. The first kappa shape index (κ1) is 12.7. The summed E-state index contributed by atoms with van der Waals surface area (Å²) in [5.41, 5.74) is 0. The molecular formula is C11H19N3O2. The van der Waals surface area contributed by atoms with Gasteiger partial charge in [0.05, 0.1) is 12.6 Å². The quantitative estimate of drug-likeness (QED) is 0.620. The Hall–Kier alpha value is -1.36. The number of rotatable bonds is 5. The fraction of sp³-hybridized carbons (Fsp3) is 0.636. The van der Waals surface area contributed by atoms with Crippen LogP contribution in [-0.4, -0.2) is 49.4 Å². The highest BCUT2D eigenvalue weighted by Crippen LogP contribution is 2.04. The molecule has 5 nitrogen and oxygen atoms in total. The van der Waals surface area contributed by atoms with Gasteiger partial charge in [-0.25, -0.2) is 0 Å². The summed E-state index contributed by atoms with van der Waals surface area (Å²) in [5.74, 6) is -0.191. The molecule has 16 heavy (non-hydrogen) atoms. The number of nitrogens with one attached hydrogen (secondary N) is 2. The number of carbonyl (C=O) groups is 2. The van der Waals surface area contributed by atoms with E-state index in [0.717, 1.165) is 19.4 Å². The van der Waals surface area contributed by atoms with Crippen LogP contribution in [0.15, 0.2) is 12.7 Å². The molecule has 2 N–H and O–H groups in total. The van der Waals surface area contributed by atoms with Crippen LogP contribution in [0, 0.1) is 0 Å². The summed E-state index contributed by atoms with van der Waals surface area (Å²) in [6, 6.07) is -0.127. The van der Waals surface area contributed by atoms with E-state index in [1.165, 1.54) is 4.90 Å². The predicted octanol–water partition coefficient (Wildman–Crippen LogP) is -0.501. The lowest BCUT2D eigenvalue weighted by Crippen LogP contribution is -2.45. The lowest BCUT2D eigenvalue weighted by atomic mass is 10.2. The van der Waals surface area contributed by atoms with E-state index in [1.54, 1.807) is 13.1 Å². The van der Waals surface area contributed by atoms with Crippen molar-refractivity contribution in [3.05, 3.63) is 12.7 Å². The van der Waals surface area contributed by atoms with Gasteiger partial charge >= 0.3 is 0 Å². The van der Waals surface area contributed by atoms with Crippen molar-refractivity contribution in [3.63, 3.8) is 0 Å². The first-order chi connectivity index (χ1) is 7.65. The van der Waals surface area contributed by atoms with Crippen molar-refractivity contribution in [1.82, 2.24) is 15.5 Å². The van der Waals surface area contributed by atoms with Crippen molar-refractivity contribution < 1.29 is 9.59 Å². The van der Waals surface area contributed by atoms with Crippen molar-refractivity contribution in [3.8, 4) is 0 Å². The summed E-state index contributed by atoms with van der Waals surface area (Å²) >= 11 is 0. The van der Waals surface area contributed by atoms with Crippen LogP contribution in [0.25, 0.3) is 0 Å². The van der Waals surface area contributed by atoms with Crippen molar-refractivity contribution >= 4 is 11.8 Å². The maximum absolute atomic E-state index is 11.6. The van der Waals surface area contributed by atoms with Gasteiger partial charge in [0.1, 0.15) is 0 Å². The molecule has 1 saturated heterocycles. The Morgan fingerprint density at radius 1 is 1.62 bits per heavy atom. The summed E-state index contributed by atoms with van der Waals surface area (Å²) in [6.07, 6.45) is 3.52. The molecule has 1 unspecified atom stereocenters. The van der Waals surface area contributed by atoms with Crippen molar-refractivity contribution in [2.75, 3.05) is 26.7 Å². The maximum atomic E-state index is 11.6. The van der Waals surface area contributed by atoms with Crippen molar-refractivity contribution in [2.24, 2.45) is 0 Å². The van der Waals surface area contributed by atoms with Crippen LogP contribution in [0.1, 0.15) is 12.8 Å². The monoisotopic (exact) mass is 225 g/mol. The van der Waals surface area contributed by atoms with E-state index in [0.29, 0.717) is 6.54 Å². The van der Waals surface area contributed by atoms with E-state index in [4.69, 9.17) is 0 Å². The molecule has 0 aromatic carbocycles. The fourth-order valence-corrected chi connectivity index (χ4v) is 1.62. The van der Waals surface area contributed by atoms with Gasteiger partial charge in [0.2, 0.25) is 11.8 Å². The highest BCUT2D eigenvalue weighted by atomic mass is 16.2. The van der Waals surface area contributed by atoms with Crippen molar-refractivity contribution in [1.29, 1.82) is 0 Å². The predicted molar refractivity (Wildman–Crippen MR) is 61.9 cm³/mol. The summed E-state index contributed by atoms with van der Waals surface area (Å²) in [7, 11) is 1.68. The van der Waals surface area contributed by atoms with E-state index < -0.39 is 0 Å². The zero-order chi connectivity index (χ0) is 12.0. The van der Waals surface area contributed by atoms with E-state index in [-0.39, 0.29) is 24.4 Å². The molecule has 1 heterocycles. The zero-order valence-electron chi connectivity index (χ0n) is 9.66. The maximum Gasteiger partial charge on any atom is 0.241 e. The van der Waals surface area contributed by atoms with Crippen LogP contribution in [0.4, 0.5) is 0 Å². The van der Waals surface area contributed by atoms with Gasteiger partial charge in [0.15, 0.2) is 0 Å². The summed E-state index contributed by atoms with van der Waals surface area (Å²) in [6.45, 7) is 4.98. The molecule has 0 aromatic rings. The first-order valence-corrected chi connectivity index (χ1v) is 5.51. The number of hydrogen-bond acceptors (Lipinski definition) is 3. The van der Waals surface area contributed by atoms with E-state index in [1.807, 2.05) is 0 Å². The Bertz CT molecular complexity index is 272. The van der Waals surface area contributed by atoms with Gasteiger partial charge in [-0.05, 0) is 19.4 Å². The third-order valence-corrected chi connectivity index (χ3v) is 2.62. The first-order valence-electron chi connectivity index (χ1n) is 5.51. The lowest BCUT2D eigenvalue weighted by molar-refractivity contribution is -0.131. The molecule has 0 radical (unpaired) electrons.